The van der Waals surface area contributed by atoms with E-state index in [1.807, 2.05) is 52.9 Å². The lowest BCUT2D eigenvalue weighted by atomic mass is 10.1. The van der Waals surface area contributed by atoms with Crippen LogP contribution in [0.3, 0.4) is 0 Å². The maximum absolute atomic E-state index is 12.4. The second-order valence-electron chi connectivity index (χ2n) is 7.01. The van der Waals surface area contributed by atoms with Crippen molar-refractivity contribution in [2.24, 2.45) is 5.92 Å². The van der Waals surface area contributed by atoms with Gasteiger partial charge in [0, 0.05) is 0 Å². The molecule has 0 fully saturated rings. The molecule has 0 saturated heterocycles. The van der Waals surface area contributed by atoms with E-state index >= 15 is 0 Å². The molecule has 1 N–H and O–H groups in total. The van der Waals surface area contributed by atoms with Crippen LogP contribution < -0.4 is 10.1 Å². The number of hydrogen-bond donors (Lipinski definition) is 1. The molecule has 0 aliphatic heterocycles. The Hall–Kier alpha value is -2.82. The van der Waals surface area contributed by atoms with Crippen molar-refractivity contribution in [2.45, 2.75) is 26.5 Å². The summed E-state index contributed by atoms with van der Waals surface area (Å²) in [6, 6.07) is 14.9. The second-order valence-corrected chi connectivity index (χ2v) is 7.63. The number of carbonyl (C=O) groups excluding carboxylic acids is 3. The summed E-state index contributed by atoms with van der Waals surface area (Å²) in [6.45, 7) is 3.82. The fourth-order valence-corrected chi connectivity index (χ4v) is 2.88. The summed E-state index contributed by atoms with van der Waals surface area (Å²) < 4.78 is 21.1. The number of alkyl halides is 1. The van der Waals surface area contributed by atoms with Gasteiger partial charge in [-0.25, -0.2) is 14.4 Å². The molecule has 1 amide bonds. The van der Waals surface area contributed by atoms with Crippen LogP contribution in [0.25, 0.3) is 0 Å². The highest BCUT2D eigenvalue weighted by Crippen LogP contribution is 2.13. The Morgan fingerprint density at radius 2 is 1.59 bits per heavy atom. The molecule has 0 radical (unpaired) electrons. The van der Waals surface area contributed by atoms with Gasteiger partial charge in [0.05, 0.1) is 5.56 Å². The first-order valence-electron chi connectivity index (χ1n) is 10.0. The van der Waals surface area contributed by atoms with Crippen LogP contribution in [-0.4, -0.2) is 41.9 Å². The van der Waals surface area contributed by atoms with Crippen LogP contribution in [0.15, 0.2) is 54.6 Å². The Bertz CT molecular complexity index is 872. The number of carbonyl (C=O) groups is 3. The highest BCUT2D eigenvalue weighted by atomic mass is 127. The van der Waals surface area contributed by atoms with Crippen molar-refractivity contribution < 1.29 is 33.3 Å². The lowest BCUT2D eigenvalue weighted by Gasteiger charge is -2.20. The van der Waals surface area contributed by atoms with Crippen LogP contribution in [0.5, 0.6) is 5.75 Å². The van der Waals surface area contributed by atoms with E-state index in [2.05, 4.69) is 5.32 Å². The second kappa shape index (κ2) is 13.6. The van der Waals surface area contributed by atoms with Gasteiger partial charge in [-0.3, -0.25) is 0 Å². The standard InChI is InChI=1S/C23H26INO7/c1-16(2)20(25-23(28)31-14-17-6-4-3-5-7-17)22(27)30-13-12-29-19-10-8-18(9-11-19)21(26)32-15-24/h3-11,16,20H,12-15H2,1-2H3,(H,25,28)/t20-/m0/s1. The van der Waals surface area contributed by atoms with Crippen molar-refractivity contribution in [1.29, 1.82) is 0 Å². The van der Waals surface area contributed by atoms with Gasteiger partial charge in [-0.15, -0.1) is 0 Å². The van der Waals surface area contributed by atoms with Gasteiger partial charge in [0.2, 0.25) is 0 Å². The monoisotopic (exact) mass is 555 g/mol. The number of hydrogen-bond acceptors (Lipinski definition) is 7. The molecule has 9 heteroatoms. The fraction of sp³-hybridized carbons (Fsp3) is 0.348. The number of halogens is 1. The van der Waals surface area contributed by atoms with E-state index in [9.17, 15) is 14.4 Å². The molecule has 0 bridgehead atoms. The van der Waals surface area contributed by atoms with Crippen LogP contribution in [0.2, 0.25) is 0 Å². The van der Waals surface area contributed by atoms with Crippen molar-refractivity contribution in [3.63, 3.8) is 0 Å². The van der Waals surface area contributed by atoms with Gasteiger partial charge < -0.3 is 24.3 Å². The zero-order valence-electron chi connectivity index (χ0n) is 17.9. The molecular weight excluding hydrogens is 529 g/mol. The van der Waals surface area contributed by atoms with Gasteiger partial charge in [-0.05, 0) is 58.3 Å². The molecule has 1 atom stereocenters. The first-order chi connectivity index (χ1) is 15.4. The summed E-state index contributed by atoms with van der Waals surface area (Å²) in [4.78, 5) is 36.1. The highest BCUT2D eigenvalue weighted by molar-refractivity contribution is 14.1. The number of rotatable bonds is 11. The smallest absolute Gasteiger partial charge is 0.408 e. The third-order valence-electron chi connectivity index (χ3n) is 4.28. The molecule has 0 spiro atoms. The maximum Gasteiger partial charge on any atom is 0.408 e. The zero-order valence-corrected chi connectivity index (χ0v) is 20.1. The largest absolute Gasteiger partial charge is 0.490 e. The fourth-order valence-electron chi connectivity index (χ4n) is 2.60. The number of ether oxygens (including phenoxy) is 4. The van der Waals surface area contributed by atoms with Crippen LogP contribution in [0, 0.1) is 5.92 Å². The molecule has 8 nitrogen and oxygen atoms in total. The van der Waals surface area contributed by atoms with Crippen molar-refractivity contribution in [3.05, 3.63) is 65.7 Å². The summed E-state index contributed by atoms with van der Waals surface area (Å²) in [5.41, 5.74) is 1.27. The van der Waals surface area contributed by atoms with Crippen LogP contribution in [0.4, 0.5) is 4.79 Å². The van der Waals surface area contributed by atoms with Gasteiger partial charge in [-0.2, -0.15) is 0 Å². The summed E-state index contributed by atoms with van der Waals surface area (Å²) in [6.07, 6.45) is -0.693. The third kappa shape index (κ3) is 8.74. The number of benzene rings is 2. The molecule has 0 aliphatic rings. The molecule has 32 heavy (non-hydrogen) atoms. The number of amides is 1. The maximum atomic E-state index is 12.4. The Labute approximate surface area is 200 Å². The molecule has 172 valence electrons. The SMILES string of the molecule is CC(C)[C@H](NC(=O)OCc1ccccc1)C(=O)OCCOc1ccc(C(=O)OCI)cc1. The average Bonchev–Trinajstić information content (AvgIpc) is 2.79. The van der Waals surface area contributed by atoms with Crippen LogP contribution in [-0.2, 0) is 25.6 Å². The Balaban J connectivity index is 1.74. The van der Waals surface area contributed by atoms with E-state index in [4.69, 9.17) is 18.9 Å². The lowest BCUT2D eigenvalue weighted by Crippen LogP contribution is -2.45. The summed E-state index contributed by atoms with van der Waals surface area (Å²) >= 11 is 1.95. The molecule has 0 unspecified atom stereocenters. The van der Waals surface area contributed by atoms with E-state index < -0.39 is 24.1 Å². The molecule has 0 saturated carbocycles. The number of esters is 2. The van der Waals surface area contributed by atoms with Gasteiger partial charge in [0.1, 0.15) is 36.2 Å². The summed E-state index contributed by atoms with van der Waals surface area (Å²) in [5, 5.41) is 2.55. The minimum Gasteiger partial charge on any atom is -0.490 e. The Morgan fingerprint density at radius 3 is 2.22 bits per heavy atom. The first-order valence-corrected chi connectivity index (χ1v) is 11.5. The van der Waals surface area contributed by atoms with E-state index in [1.54, 1.807) is 38.1 Å². The van der Waals surface area contributed by atoms with E-state index in [-0.39, 0.29) is 30.4 Å². The topological polar surface area (TPSA) is 100 Å². The quantitative estimate of drug-likeness (QED) is 0.147. The van der Waals surface area contributed by atoms with Gasteiger partial charge in [0.15, 0.2) is 0 Å². The minimum absolute atomic E-state index is 0.00141. The summed E-state index contributed by atoms with van der Waals surface area (Å²) in [7, 11) is 0. The normalized spacial score (nSPS) is 11.4. The van der Waals surface area contributed by atoms with Crippen molar-refractivity contribution in [1.82, 2.24) is 5.32 Å². The van der Waals surface area contributed by atoms with Crippen molar-refractivity contribution in [3.8, 4) is 5.75 Å². The highest BCUT2D eigenvalue weighted by Gasteiger charge is 2.26. The van der Waals surface area contributed by atoms with Crippen LogP contribution >= 0.6 is 22.6 Å². The Morgan fingerprint density at radius 1 is 0.906 bits per heavy atom. The van der Waals surface area contributed by atoms with Crippen LogP contribution in [0.1, 0.15) is 29.8 Å². The summed E-state index contributed by atoms with van der Waals surface area (Å²) in [5.74, 6) is -0.649. The van der Waals surface area contributed by atoms with Crippen molar-refractivity contribution in [2.75, 3.05) is 17.8 Å². The number of nitrogens with one attached hydrogen (secondary N) is 1. The minimum atomic E-state index is -0.846. The molecule has 0 aromatic heterocycles. The van der Waals surface area contributed by atoms with E-state index in [0.717, 1.165) is 5.56 Å². The molecule has 2 aromatic carbocycles. The lowest BCUT2D eigenvalue weighted by molar-refractivity contribution is -0.148. The van der Waals surface area contributed by atoms with Gasteiger partial charge in [0.25, 0.3) is 0 Å². The molecule has 2 aromatic rings. The molecule has 0 heterocycles. The third-order valence-corrected chi connectivity index (χ3v) is 4.59. The number of alkyl carbamates (subject to hydrolysis) is 1. The molecular formula is C23H26INO7. The molecule has 0 aliphatic carbocycles. The molecule has 2 rings (SSSR count). The zero-order chi connectivity index (χ0) is 23.3. The van der Waals surface area contributed by atoms with E-state index in [1.165, 1.54) is 0 Å². The van der Waals surface area contributed by atoms with Gasteiger partial charge in [-0.1, -0.05) is 44.2 Å². The van der Waals surface area contributed by atoms with E-state index in [0.29, 0.717) is 11.3 Å². The predicted octanol–water partition coefficient (Wildman–Crippen LogP) is 4.11. The van der Waals surface area contributed by atoms with Gasteiger partial charge >= 0.3 is 18.0 Å². The first kappa shape index (κ1) is 25.4. The Kier molecular flexibility index (Phi) is 10.8. The predicted molar refractivity (Wildman–Crippen MR) is 126 cm³/mol. The average molecular weight is 555 g/mol. The van der Waals surface area contributed by atoms with Crippen molar-refractivity contribution >= 4 is 40.6 Å².